The van der Waals surface area contributed by atoms with Crippen LogP contribution >= 0.6 is 0 Å². The molecule has 6 nitrogen and oxygen atoms in total. The van der Waals surface area contributed by atoms with Crippen molar-refractivity contribution in [3.63, 3.8) is 0 Å². The Morgan fingerprint density at radius 3 is 2.67 bits per heavy atom. The summed E-state index contributed by atoms with van der Waals surface area (Å²) in [4.78, 5) is 11.8. The first-order chi connectivity index (χ1) is 10.0. The van der Waals surface area contributed by atoms with Crippen LogP contribution in [0.2, 0.25) is 0 Å². The van der Waals surface area contributed by atoms with E-state index in [2.05, 4.69) is 0 Å². The number of nitrogens with zero attached hydrogens (tertiary/aromatic N) is 1. The maximum atomic E-state index is 12.7. The van der Waals surface area contributed by atoms with E-state index in [1.807, 2.05) is 0 Å². The number of piperidine rings is 1. The van der Waals surface area contributed by atoms with Crippen LogP contribution in [0.4, 0.5) is 0 Å². The fourth-order valence-corrected chi connectivity index (χ4v) is 4.17. The highest BCUT2D eigenvalue weighted by atomic mass is 32.2. The van der Waals surface area contributed by atoms with Crippen molar-refractivity contribution >= 4 is 16.0 Å². The van der Waals surface area contributed by atoms with E-state index in [-0.39, 0.29) is 17.4 Å². The van der Waals surface area contributed by atoms with Gasteiger partial charge in [0.05, 0.1) is 20.1 Å². The van der Waals surface area contributed by atoms with Gasteiger partial charge in [-0.25, -0.2) is 8.42 Å². The molecule has 1 saturated heterocycles. The number of ether oxygens (including phenoxy) is 2. The van der Waals surface area contributed by atoms with Gasteiger partial charge in [0, 0.05) is 13.1 Å². The Morgan fingerprint density at radius 1 is 1.29 bits per heavy atom. The van der Waals surface area contributed by atoms with Crippen LogP contribution in [-0.4, -0.2) is 46.0 Å². The fraction of sp³-hybridized carbons (Fsp3) is 0.500. The minimum absolute atomic E-state index is 0.123. The summed E-state index contributed by atoms with van der Waals surface area (Å²) in [5.74, 6) is -0.471. The average molecular weight is 313 g/mol. The number of sulfonamides is 1. The molecule has 1 heterocycles. The summed E-state index contributed by atoms with van der Waals surface area (Å²) in [6.45, 7) is 0.543. The largest absolute Gasteiger partial charge is 0.495 e. The molecule has 0 spiro atoms. The van der Waals surface area contributed by atoms with Crippen LogP contribution in [0.5, 0.6) is 5.75 Å². The van der Waals surface area contributed by atoms with Gasteiger partial charge in [0.25, 0.3) is 0 Å². The Hall–Kier alpha value is -1.60. The number of methoxy groups -OCH3 is 2. The third-order valence-corrected chi connectivity index (χ3v) is 5.51. The monoisotopic (exact) mass is 313 g/mol. The van der Waals surface area contributed by atoms with Crippen molar-refractivity contribution in [1.29, 1.82) is 0 Å². The van der Waals surface area contributed by atoms with Crippen LogP contribution in [0.25, 0.3) is 0 Å². The molecule has 0 radical (unpaired) electrons. The predicted octanol–water partition coefficient (Wildman–Crippen LogP) is 1.27. The van der Waals surface area contributed by atoms with Gasteiger partial charge in [-0.15, -0.1) is 0 Å². The third-order valence-electron chi connectivity index (χ3n) is 3.61. The van der Waals surface area contributed by atoms with Crippen molar-refractivity contribution in [2.75, 3.05) is 27.3 Å². The molecule has 116 valence electrons. The molecule has 0 saturated carbocycles. The second kappa shape index (κ2) is 6.44. The zero-order valence-corrected chi connectivity index (χ0v) is 12.9. The first-order valence-corrected chi connectivity index (χ1v) is 8.15. The van der Waals surface area contributed by atoms with Crippen LogP contribution in [-0.2, 0) is 19.6 Å². The summed E-state index contributed by atoms with van der Waals surface area (Å²) in [7, 11) is -0.931. The smallest absolute Gasteiger partial charge is 0.309 e. The van der Waals surface area contributed by atoms with Crippen molar-refractivity contribution < 1.29 is 22.7 Å². The highest BCUT2D eigenvalue weighted by Crippen LogP contribution is 2.29. The molecule has 2 rings (SSSR count). The lowest BCUT2D eigenvalue weighted by atomic mass is 10.0. The number of hydrogen-bond donors (Lipinski definition) is 0. The molecule has 21 heavy (non-hydrogen) atoms. The van der Waals surface area contributed by atoms with Crippen LogP contribution in [0.1, 0.15) is 12.8 Å². The summed E-state index contributed by atoms with van der Waals surface area (Å²) in [6, 6.07) is 6.48. The molecule has 0 N–H and O–H groups in total. The average Bonchev–Trinajstić information content (AvgIpc) is 2.54. The molecule has 1 aromatic rings. The first kappa shape index (κ1) is 15.8. The van der Waals surface area contributed by atoms with Gasteiger partial charge in [-0.2, -0.15) is 4.31 Å². The van der Waals surface area contributed by atoms with Crippen LogP contribution in [0, 0.1) is 5.92 Å². The Labute approximate surface area is 124 Å². The summed E-state index contributed by atoms with van der Waals surface area (Å²) < 4.78 is 36.6. The number of carbonyl (C=O) groups is 1. The van der Waals surface area contributed by atoms with Gasteiger partial charge in [-0.05, 0) is 25.0 Å². The minimum atomic E-state index is -3.68. The van der Waals surface area contributed by atoms with Crippen molar-refractivity contribution in [1.82, 2.24) is 4.31 Å². The van der Waals surface area contributed by atoms with E-state index in [0.717, 1.165) is 0 Å². The number of benzene rings is 1. The number of rotatable bonds is 4. The van der Waals surface area contributed by atoms with Gasteiger partial charge in [-0.3, -0.25) is 4.79 Å². The lowest BCUT2D eigenvalue weighted by Gasteiger charge is -2.30. The Bertz CT molecular complexity index is 614. The van der Waals surface area contributed by atoms with E-state index >= 15 is 0 Å². The second-order valence-electron chi connectivity index (χ2n) is 4.88. The van der Waals surface area contributed by atoms with E-state index in [0.29, 0.717) is 25.1 Å². The summed E-state index contributed by atoms with van der Waals surface area (Å²) in [5, 5.41) is 0. The van der Waals surface area contributed by atoms with Gasteiger partial charge in [0.1, 0.15) is 10.6 Å². The maximum Gasteiger partial charge on any atom is 0.309 e. The van der Waals surface area contributed by atoms with E-state index < -0.39 is 15.9 Å². The molecule has 1 aliphatic heterocycles. The van der Waals surface area contributed by atoms with Crippen LogP contribution in [0.15, 0.2) is 29.2 Å². The number of esters is 1. The molecular formula is C14H19NO5S. The minimum Gasteiger partial charge on any atom is -0.495 e. The fourth-order valence-electron chi connectivity index (χ4n) is 2.49. The Balaban J connectivity index is 2.29. The zero-order chi connectivity index (χ0) is 15.5. The summed E-state index contributed by atoms with van der Waals surface area (Å²) >= 11 is 0. The van der Waals surface area contributed by atoms with E-state index in [1.165, 1.54) is 24.6 Å². The van der Waals surface area contributed by atoms with Gasteiger partial charge < -0.3 is 9.47 Å². The topological polar surface area (TPSA) is 72.9 Å². The quantitative estimate of drug-likeness (QED) is 0.783. The molecule has 1 aromatic carbocycles. The number of hydrogen-bond acceptors (Lipinski definition) is 5. The molecule has 1 atom stereocenters. The summed E-state index contributed by atoms with van der Waals surface area (Å²) in [6.07, 6.45) is 1.28. The van der Waals surface area contributed by atoms with Crippen molar-refractivity contribution in [2.24, 2.45) is 5.92 Å². The molecular weight excluding hydrogens is 294 g/mol. The van der Waals surface area contributed by atoms with Gasteiger partial charge in [0.15, 0.2) is 0 Å². The predicted molar refractivity (Wildman–Crippen MR) is 76.5 cm³/mol. The van der Waals surface area contributed by atoms with E-state index in [9.17, 15) is 13.2 Å². The van der Waals surface area contributed by atoms with Gasteiger partial charge >= 0.3 is 5.97 Å². The SMILES string of the molecule is COC(=O)[C@H]1CCCN(S(=O)(=O)c2ccccc2OC)C1. The standard InChI is InChI=1S/C14H19NO5S/c1-19-12-7-3-4-8-13(12)21(17,18)15-9-5-6-11(10-15)14(16)20-2/h3-4,7-8,11H,5-6,9-10H2,1-2H3/t11-/m0/s1. The first-order valence-electron chi connectivity index (χ1n) is 6.71. The highest BCUT2D eigenvalue weighted by Gasteiger charge is 2.35. The van der Waals surface area contributed by atoms with Crippen molar-refractivity contribution in [3.05, 3.63) is 24.3 Å². The highest BCUT2D eigenvalue weighted by molar-refractivity contribution is 7.89. The number of para-hydroxylation sites is 1. The molecule has 1 fully saturated rings. The van der Waals surface area contributed by atoms with E-state index in [4.69, 9.17) is 9.47 Å². The van der Waals surface area contributed by atoms with Gasteiger partial charge in [-0.1, -0.05) is 12.1 Å². The third kappa shape index (κ3) is 3.19. The molecule has 0 aliphatic carbocycles. The molecule has 0 bridgehead atoms. The molecule has 7 heteroatoms. The maximum absolute atomic E-state index is 12.7. The second-order valence-corrected chi connectivity index (χ2v) is 6.78. The van der Waals surface area contributed by atoms with E-state index in [1.54, 1.807) is 18.2 Å². The lowest BCUT2D eigenvalue weighted by Crippen LogP contribution is -2.42. The molecule has 1 aliphatic rings. The summed E-state index contributed by atoms with van der Waals surface area (Å²) in [5.41, 5.74) is 0. The molecule has 0 unspecified atom stereocenters. The lowest BCUT2D eigenvalue weighted by molar-refractivity contribution is -0.146. The van der Waals surface area contributed by atoms with Crippen molar-refractivity contribution in [3.8, 4) is 5.75 Å². The van der Waals surface area contributed by atoms with Gasteiger partial charge in [0.2, 0.25) is 10.0 Å². The zero-order valence-electron chi connectivity index (χ0n) is 12.1. The Morgan fingerprint density at radius 2 is 2.00 bits per heavy atom. The van der Waals surface area contributed by atoms with Crippen LogP contribution in [0.3, 0.4) is 0 Å². The molecule has 0 aromatic heterocycles. The normalized spacial score (nSPS) is 20.0. The van der Waals surface area contributed by atoms with Crippen molar-refractivity contribution in [2.45, 2.75) is 17.7 Å². The number of carbonyl (C=O) groups excluding carboxylic acids is 1. The Kier molecular flexibility index (Phi) is 4.84. The van der Waals surface area contributed by atoms with Crippen LogP contribution < -0.4 is 4.74 Å². The molecule has 0 amide bonds.